The SMILES string of the molecule is CCOC(=O)CC(NC(=O)CCN)c1ccccc1C. The van der Waals surface area contributed by atoms with Crippen molar-refractivity contribution in [3.8, 4) is 0 Å². The van der Waals surface area contributed by atoms with Crippen LogP contribution in [0.2, 0.25) is 0 Å². The lowest BCUT2D eigenvalue weighted by molar-refractivity contribution is -0.143. The maximum atomic E-state index is 11.7. The molecule has 0 aliphatic carbocycles. The fourth-order valence-corrected chi connectivity index (χ4v) is 2.00. The molecule has 1 atom stereocenters. The van der Waals surface area contributed by atoms with Crippen LogP contribution in [-0.2, 0) is 14.3 Å². The van der Waals surface area contributed by atoms with Crippen LogP contribution in [0, 0.1) is 6.92 Å². The van der Waals surface area contributed by atoms with E-state index in [2.05, 4.69) is 5.32 Å². The Labute approximate surface area is 119 Å². The highest BCUT2D eigenvalue weighted by Gasteiger charge is 2.20. The van der Waals surface area contributed by atoms with E-state index in [-0.39, 0.29) is 37.3 Å². The minimum atomic E-state index is -0.380. The molecule has 0 heterocycles. The lowest BCUT2D eigenvalue weighted by atomic mass is 9.98. The molecule has 0 saturated heterocycles. The van der Waals surface area contributed by atoms with Crippen LogP contribution < -0.4 is 11.1 Å². The van der Waals surface area contributed by atoms with E-state index in [1.807, 2.05) is 31.2 Å². The second-order valence-electron chi connectivity index (χ2n) is 4.52. The molecule has 0 aromatic heterocycles. The predicted octanol–water partition coefficient (Wildman–Crippen LogP) is 1.45. The normalized spacial score (nSPS) is 11.8. The molecule has 110 valence electrons. The number of ether oxygens (including phenoxy) is 1. The van der Waals surface area contributed by atoms with Crippen LogP contribution >= 0.6 is 0 Å². The zero-order valence-electron chi connectivity index (χ0n) is 12.0. The Kier molecular flexibility index (Phi) is 6.73. The van der Waals surface area contributed by atoms with Gasteiger partial charge in [0.25, 0.3) is 0 Å². The van der Waals surface area contributed by atoms with E-state index in [1.54, 1.807) is 6.92 Å². The second-order valence-corrected chi connectivity index (χ2v) is 4.52. The van der Waals surface area contributed by atoms with Crippen LogP contribution in [0.1, 0.15) is 36.9 Å². The molecule has 1 unspecified atom stereocenters. The van der Waals surface area contributed by atoms with Gasteiger partial charge in [0.1, 0.15) is 0 Å². The lowest BCUT2D eigenvalue weighted by Gasteiger charge is -2.20. The zero-order chi connectivity index (χ0) is 15.0. The number of nitrogens with two attached hydrogens (primary N) is 1. The van der Waals surface area contributed by atoms with Gasteiger partial charge in [-0.25, -0.2) is 0 Å². The van der Waals surface area contributed by atoms with Gasteiger partial charge in [-0.15, -0.1) is 0 Å². The molecule has 0 bridgehead atoms. The summed E-state index contributed by atoms with van der Waals surface area (Å²) in [6.07, 6.45) is 0.361. The number of carbonyl (C=O) groups excluding carboxylic acids is 2. The van der Waals surface area contributed by atoms with Gasteiger partial charge < -0.3 is 15.8 Å². The van der Waals surface area contributed by atoms with Gasteiger partial charge in [0.2, 0.25) is 5.91 Å². The highest BCUT2D eigenvalue weighted by molar-refractivity contribution is 5.78. The Hall–Kier alpha value is -1.88. The predicted molar refractivity (Wildman–Crippen MR) is 77.0 cm³/mol. The third kappa shape index (κ3) is 5.01. The van der Waals surface area contributed by atoms with E-state index in [0.717, 1.165) is 11.1 Å². The van der Waals surface area contributed by atoms with Gasteiger partial charge in [0.15, 0.2) is 0 Å². The number of rotatable bonds is 7. The van der Waals surface area contributed by atoms with Crippen LogP contribution in [0.15, 0.2) is 24.3 Å². The first-order valence-corrected chi connectivity index (χ1v) is 6.79. The van der Waals surface area contributed by atoms with Crippen LogP contribution in [-0.4, -0.2) is 25.0 Å². The van der Waals surface area contributed by atoms with Crippen molar-refractivity contribution in [2.24, 2.45) is 5.73 Å². The average Bonchev–Trinajstić information content (AvgIpc) is 2.39. The number of hydrogen-bond acceptors (Lipinski definition) is 4. The number of amides is 1. The van der Waals surface area contributed by atoms with Crippen LogP contribution in [0.4, 0.5) is 0 Å². The molecule has 0 radical (unpaired) electrons. The summed E-state index contributed by atoms with van der Waals surface area (Å²) in [6, 6.07) is 7.27. The summed E-state index contributed by atoms with van der Waals surface area (Å²) in [5.41, 5.74) is 7.32. The molecular formula is C15H22N2O3. The molecule has 0 aliphatic heterocycles. The second kappa shape index (κ2) is 8.32. The molecule has 1 aromatic rings. The molecule has 0 fully saturated rings. The Morgan fingerprint density at radius 2 is 2.05 bits per heavy atom. The maximum Gasteiger partial charge on any atom is 0.308 e. The Balaban J connectivity index is 2.86. The van der Waals surface area contributed by atoms with E-state index < -0.39 is 0 Å². The topological polar surface area (TPSA) is 81.4 Å². The number of nitrogens with one attached hydrogen (secondary N) is 1. The lowest BCUT2D eigenvalue weighted by Crippen LogP contribution is -2.32. The van der Waals surface area contributed by atoms with E-state index in [1.165, 1.54) is 0 Å². The smallest absolute Gasteiger partial charge is 0.308 e. The summed E-state index contributed by atoms with van der Waals surface area (Å²) in [4.78, 5) is 23.4. The highest BCUT2D eigenvalue weighted by atomic mass is 16.5. The van der Waals surface area contributed by atoms with Crippen molar-refractivity contribution in [1.29, 1.82) is 0 Å². The average molecular weight is 278 g/mol. The molecule has 1 rings (SSSR count). The van der Waals surface area contributed by atoms with Crippen LogP contribution in [0.5, 0.6) is 0 Å². The zero-order valence-corrected chi connectivity index (χ0v) is 12.0. The van der Waals surface area contributed by atoms with E-state index in [4.69, 9.17) is 10.5 Å². The Morgan fingerprint density at radius 3 is 2.65 bits per heavy atom. The van der Waals surface area contributed by atoms with Gasteiger partial charge >= 0.3 is 5.97 Å². The van der Waals surface area contributed by atoms with Gasteiger partial charge in [0.05, 0.1) is 19.1 Å². The first kappa shape index (κ1) is 16.2. The summed E-state index contributed by atoms with van der Waals surface area (Å²) in [7, 11) is 0. The van der Waals surface area contributed by atoms with Crippen molar-refractivity contribution < 1.29 is 14.3 Å². The molecule has 0 spiro atoms. The number of benzene rings is 1. The van der Waals surface area contributed by atoms with Crippen molar-refractivity contribution in [2.75, 3.05) is 13.2 Å². The van der Waals surface area contributed by atoms with E-state index in [0.29, 0.717) is 6.61 Å². The monoisotopic (exact) mass is 278 g/mol. The molecule has 1 aromatic carbocycles. The molecular weight excluding hydrogens is 256 g/mol. The van der Waals surface area contributed by atoms with Crippen molar-refractivity contribution in [3.05, 3.63) is 35.4 Å². The quantitative estimate of drug-likeness (QED) is 0.740. The van der Waals surface area contributed by atoms with Crippen molar-refractivity contribution >= 4 is 11.9 Å². The minimum Gasteiger partial charge on any atom is -0.466 e. The summed E-state index contributed by atoms with van der Waals surface area (Å²) in [5, 5.41) is 2.84. The number of carbonyl (C=O) groups is 2. The number of esters is 1. The minimum absolute atomic E-state index is 0.120. The van der Waals surface area contributed by atoms with Gasteiger partial charge in [0, 0.05) is 13.0 Å². The summed E-state index contributed by atoms with van der Waals surface area (Å²) >= 11 is 0. The first-order valence-electron chi connectivity index (χ1n) is 6.79. The van der Waals surface area contributed by atoms with Gasteiger partial charge in [-0.2, -0.15) is 0 Å². The summed E-state index contributed by atoms with van der Waals surface area (Å²) in [6.45, 7) is 4.32. The molecule has 3 N–H and O–H groups in total. The van der Waals surface area contributed by atoms with Crippen LogP contribution in [0.3, 0.4) is 0 Å². The molecule has 20 heavy (non-hydrogen) atoms. The summed E-state index contributed by atoms with van der Waals surface area (Å²) < 4.78 is 4.96. The van der Waals surface area contributed by atoms with E-state index >= 15 is 0 Å². The number of aryl methyl sites for hydroxylation is 1. The van der Waals surface area contributed by atoms with Crippen molar-refractivity contribution in [3.63, 3.8) is 0 Å². The fraction of sp³-hybridized carbons (Fsp3) is 0.467. The molecule has 0 aliphatic rings. The maximum absolute atomic E-state index is 11.7. The highest BCUT2D eigenvalue weighted by Crippen LogP contribution is 2.21. The molecule has 1 amide bonds. The van der Waals surface area contributed by atoms with E-state index in [9.17, 15) is 9.59 Å². The fourth-order valence-electron chi connectivity index (χ4n) is 2.00. The standard InChI is InChI=1S/C15H22N2O3/c1-3-20-15(19)10-13(17-14(18)8-9-16)12-7-5-4-6-11(12)2/h4-7,13H,3,8-10,16H2,1-2H3,(H,17,18). The first-order chi connectivity index (χ1) is 9.58. The number of hydrogen-bond donors (Lipinski definition) is 2. The van der Waals surface area contributed by atoms with Gasteiger partial charge in [-0.3, -0.25) is 9.59 Å². The molecule has 5 heteroatoms. The van der Waals surface area contributed by atoms with Crippen LogP contribution in [0.25, 0.3) is 0 Å². The molecule has 5 nitrogen and oxygen atoms in total. The summed E-state index contributed by atoms with van der Waals surface area (Å²) in [5.74, 6) is -0.487. The third-order valence-electron chi connectivity index (χ3n) is 2.95. The Bertz CT molecular complexity index is 440. The van der Waals surface area contributed by atoms with Crippen molar-refractivity contribution in [1.82, 2.24) is 5.32 Å². The third-order valence-corrected chi connectivity index (χ3v) is 2.95. The molecule has 0 saturated carbocycles. The van der Waals surface area contributed by atoms with Crippen molar-refractivity contribution in [2.45, 2.75) is 32.7 Å². The largest absolute Gasteiger partial charge is 0.466 e. The van der Waals surface area contributed by atoms with Gasteiger partial charge in [-0.05, 0) is 25.0 Å². The Morgan fingerprint density at radius 1 is 1.35 bits per heavy atom. The van der Waals surface area contributed by atoms with Gasteiger partial charge in [-0.1, -0.05) is 24.3 Å².